The Balaban J connectivity index is 1.60. The van der Waals surface area contributed by atoms with Gasteiger partial charge in [-0.3, -0.25) is 4.79 Å². The van der Waals surface area contributed by atoms with E-state index >= 15 is 0 Å². The Hall–Kier alpha value is -0.610. The largest absolute Gasteiger partial charge is 0.381 e. The molecule has 0 spiro atoms. The van der Waals surface area contributed by atoms with Gasteiger partial charge < -0.3 is 14.4 Å². The van der Waals surface area contributed by atoms with Crippen molar-refractivity contribution in [3.63, 3.8) is 0 Å². The van der Waals surface area contributed by atoms with Gasteiger partial charge in [-0.05, 0) is 19.8 Å². The molecule has 0 saturated carbocycles. The van der Waals surface area contributed by atoms with Crippen molar-refractivity contribution >= 4 is 5.91 Å². The SMILES string of the molecule is C[C@H]1C[C@@H]2CN(C(=O)C3CCOC3)C[C@@H]2O1. The molecule has 0 radical (unpaired) electrons. The number of rotatable bonds is 1. The molecule has 4 heteroatoms. The highest BCUT2D eigenvalue weighted by molar-refractivity contribution is 5.79. The summed E-state index contributed by atoms with van der Waals surface area (Å²) in [6, 6.07) is 0. The Morgan fingerprint density at radius 1 is 1.38 bits per heavy atom. The standard InChI is InChI=1S/C12H19NO3/c1-8-4-10-5-13(6-11(10)16-8)12(14)9-2-3-15-7-9/h8-11H,2-7H2,1H3/t8-,9?,10+,11-/m0/s1. The summed E-state index contributed by atoms with van der Waals surface area (Å²) >= 11 is 0. The normalized spacial score (nSPS) is 42.7. The van der Waals surface area contributed by atoms with Crippen molar-refractivity contribution in [1.82, 2.24) is 4.90 Å². The first-order chi connectivity index (χ1) is 7.74. The van der Waals surface area contributed by atoms with Gasteiger partial charge in [-0.15, -0.1) is 0 Å². The molecule has 3 saturated heterocycles. The number of carbonyl (C=O) groups is 1. The van der Waals surface area contributed by atoms with E-state index < -0.39 is 0 Å². The molecule has 4 nitrogen and oxygen atoms in total. The molecule has 1 unspecified atom stereocenters. The Labute approximate surface area is 95.9 Å². The van der Waals surface area contributed by atoms with Crippen LogP contribution in [0.2, 0.25) is 0 Å². The first-order valence-corrected chi connectivity index (χ1v) is 6.26. The van der Waals surface area contributed by atoms with E-state index in [1.165, 1.54) is 0 Å². The topological polar surface area (TPSA) is 38.8 Å². The molecule has 3 heterocycles. The van der Waals surface area contributed by atoms with Crippen molar-refractivity contribution in [2.45, 2.75) is 32.0 Å². The number of ether oxygens (including phenoxy) is 2. The van der Waals surface area contributed by atoms with Crippen molar-refractivity contribution in [3.05, 3.63) is 0 Å². The Bertz CT molecular complexity index is 274. The summed E-state index contributed by atoms with van der Waals surface area (Å²) in [5, 5.41) is 0. The second kappa shape index (κ2) is 4.00. The van der Waals surface area contributed by atoms with E-state index in [2.05, 4.69) is 6.92 Å². The zero-order valence-electron chi connectivity index (χ0n) is 9.72. The van der Waals surface area contributed by atoms with Crippen molar-refractivity contribution in [2.24, 2.45) is 11.8 Å². The van der Waals surface area contributed by atoms with Crippen LogP contribution in [0.3, 0.4) is 0 Å². The minimum absolute atomic E-state index is 0.108. The van der Waals surface area contributed by atoms with Gasteiger partial charge in [-0.1, -0.05) is 0 Å². The first-order valence-electron chi connectivity index (χ1n) is 6.26. The van der Waals surface area contributed by atoms with Crippen LogP contribution in [0.4, 0.5) is 0 Å². The summed E-state index contributed by atoms with van der Waals surface area (Å²) in [7, 11) is 0. The Kier molecular flexibility index (Phi) is 2.64. The van der Waals surface area contributed by atoms with E-state index in [0.717, 1.165) is 32.5 Å². The first kappa shape index (κ1) is 10.5. The molecule has 3 aliphatic heterocycles. The average Bonchev–Trinajstić information content (AvgIpc) is 2.89. The quantitative estimate of drug-likeness (QED) is 0.658. The predicted molar refractivity (Wildman–Crippen MR) is 57.9 cm³/mol. The number of hydrogen-bond acceptors (Lipinski definition) is 3. The third-order valence-corrected chi connectivity index (χ3v) is 4.01. The maximum Gasteiger partial charge on any atom is 0.228 e. The molecule has 4 atom stereocenters. The van der Waals surface area contributed by atoms with Gasteiger partial charge in [0, 0.05) is 25.6 Å². The second-order valence-corrected chi connectivity index (χ2v) is 5.28. The monoisotopic (exact) mass is 225 g/mol. The maximum absolute atomic E-state index is 12.2. The summed E-state index contributed by atoms with van der Waals surface area (Å²) in [5.41, 5.74) is 0. The maximum atomic E-state index is 12.2. The van der Waals surface area contributed by atoms with E-state index in [9.17, 15) is 4.79 Å². The van der Waals surface area contributed by atoms with E-state index in [0.29, 0.717) is 24.7 Å². The summed E-state index contributed by atoms with van der Waals surface area (Å²) in [5.74, 6) is 0.959. The molecule has 0 aliphatic carbocycles. The van der Waals surface area contributed by atoms with Crippen LogP contribution < -0.4 is 0 Å². The Morgan fingerprint density at radius 2 is 2.25 bits per heavy atom. The van der Waals surface area contributed by atoms with E-state index in [1.54, 1.807) is 0 Å². The molecule has 3 rings (SSSR count). The van der Waals surface area contributed by atoms with Gasteiger partial charge in [-0.25, -0.2) is 0 Å². The van der Waals surface area contributed by atoms with Crippen LogP contribution in [0.1, 0.15) is 19.8 Å². The lowest BCUT2D eigenvalue weighted by atomic mass is 10.0. The summed E-state index contributed by atoms with van der Waals surface area (Å²) in [4.78, 5) is 14.1. The minimum Gasteiger partial charge on any atom is -0.381 e. The van der Waals surface area contributed by atoms with Gasteiger partial charge in [-0.2, -0.15) is 0 Å². The molecule has 0 aromatic carbocycles. The minimum atomic E-state index is 0.108. The van der Waals surface area contributed by atoms with Gasteiger partial charge in [0.25, 0.3) is 0 Å². The average molecular weight is 225 g/mol. The van der Waals surface area contributed by atoms with Crippen molar-refractivity contribution in [2.75, 3.05) is 26.3 Å². The van der Waals surface area contributed by atoms with E-state index in [-0.39, 0.29) is 11.8 Å². The lowest BCUT2D eigenvalue weighted by Crippen LogP contribution is -2.36. The molecule has 3 fully saturated rings. The van der Waals surface area contributed by atoms with Crippen LogP contribution in [-0.2, 0) is 14.3 Å². The van der Waals surface area contributed by atoms with Crippen molar-refractivity contribution < 1.29 is 14.3 Å². The summed E-state index contributed by atoms with van der Waals surface area (Å²) in [6.45, 7) is 5.16. The van der Waals surface area contributed by atoms with Crippen LogP contribution in [0.15, 0.2) is 0 Å². The van der Waals surface area contributed by atoms with Crippen LogP contribution in [0.5, 0.6) is 0 Å². The fraction of sp³-hybridized carbons (Fsp3) is 0.917. The smallest absolute Gasteiger partial charge is 0.228 e. The lowest BCUT2D eigenvalue weighted by Gasteiger charge is -2.21. The molecule has 1 amide bonds. The number of likely N-dealkylation sites (tertiary alicyclic amines) is 1. The highest BCUT2D eigenvalue weighted by Crippen LogP contribution is 2.33. The molecule has 3 aliphatic rings. The predicted octanol–water partition coefficient (Wildman–Crippen LogP) is 0.659. The van der Waals surface area contributed by atoms with Gasteiger partial charge in [0.15, 0.2) is 0 Å². The molecule has 0 N–H and O–H groups in total. The number of carbonyl (C=O) groups excluding carboxylic acids is 1. The van der Waals surface area contributed by atoms with Crippen molar-refractivity contribution in [1.29, 1.82) is 0 Å². The van der Waals surface area contributed by atoms with E-state index in [1.807, 2.05) is 4.90 Å². The molecule has 90 valence electrons. The molecule has 0 aromatic rings. The van der Waals surface area contributed by atoms with Crippen LogP contribution in [0.25, 0.3) is 0 Å². The molecule has 0 aromatic heterocycles. The van der Waals surface area contributed by atoms with Gasteiger partial charge in [0.05, 0.1) is 24.7 Å². The van der Waals surface area contributed by atoms with Crippen LogP contribution >= 0.6 is 0 Å². The summed E-state index contributed by atoms with van der Waals surface area (Å²) in [6.07, 6.45) is 2.67. The van der Waals surface area contributed by atoms with Crippen LogP contribution in [-0.4, -0.2) is 49.3 Å². The van der Waals surface area contributed by atoms with E-state index in [4.69, 9.17) is 9.47 Å². The van der Waals surface area contributed by atoms with Gasteiger partial charge in [0.2, 0.25) is 5.91 Å². The third kappa shape index (κ3) is 1.74. The highest BCUT2D eigenvalue weighted by Gasteiger charge is 2.43. The number of hydrogen-bond donors (Lipinski definition) is 0. The fourth-order valence-corrected chi connectivity index (χ4v) is 3.17. The highest BCUT2D eigenvalue weighted by atomic mass is 16.5. The summed E-state index contributed by atoms with van der Waals surface area (Å²) < 4.78 is 11.1. The van der Waals surface area contributed by atoms with Gasteiger partial charge >= 0.3 is 0 Å². The fourth-order valence-electron chi connectivity index (χ4n) is 3.17. The number of amides is 1. The third-order valence-electron chi connectivity index (χ3n) is 4.01. The second-order valence-electron chi connectivity index (χ2n) is 5.28. The molecular formula is C12H19NO3. The lowest BCUT2D eigenvalue weighted by molar-refractivity contribution is -0.135. The number of nitrogens with zero attached hydrogens (tertiary/aromatic N) is 1. The molecule has 0 bridgehead atoms. The van der Waals surface area contributed by atoms with Crippen molar-refractivity contribution in [3.8, 4) is 0 Å². The molecular weight excluding hydrogens is 206 g/mol. The molecule has 16 heavy (non-hydrogen) atoms. The number of fused-ring (bicyclic) bond motifs is 1. The zero-order chi connectivity index (χ0) is 11.1. The van der Waals surface area contributed by atoms with Crippen LogP contribution in [0, 0.1) is 11.8 Å². The zero-order valence-corrected chi connectivity index (χ0v) is 9.72. The Morgan fingerprint density at radius 3 is 2.94 bits per heavy atom. The van der Waals surface area contributed by atoms with Gasteiger partial charge in [0.1, 0.15) is 0 Å².